The first-order valence-electron chi connectivity index (χ1n) is 9.68. The topological polar surface area (TPSA) is 78.0 Å². The van der Waals surface area contributed by atoms with Gasteiger partial charge in [0.15, 0.2) is 0 Å². The van der Waals surface area contributed by atoms with Crippen molar-refractivity contribution in [3.8, 4) is 0 Å². The Morgan fingerprint density at radius 1 is 1.07 bits per heavy atom. The molecule has 0 radical (unpaired) electrons. The predicted octanol–water partition coefficient (Wildman–Crippen LogP) is 4.23. The fourth-order valence-corrected chi connectivity index (χ4v) is 4.31. The van der Waals surface area contributed by atoms with Crippen LogP contribution in [-0.2, 0) is 29.4 Å². The summed E-state index contributed by atoms with van der Waals surface area (Å²) >= 11 is 1.66. The molecular formula is C22H27N3O2S2. The maximum atomic E-state index is 11.6. The second-order valence-corrected chi connectivity index (χ2v) is 9.51. The summed E-state index contributed by atoms with van der Waals surface area (Å²) in [4.78, 5) is 4.89. The standard InChI is InChI=1S/C22H27N3O2S2/c1-3-4-11-21-24-22(28-2)16-25(21)15-19-9-5-7-17(13-19)12-18-8-6-10-20(14-18)29(23,26)27/h5-10,13-14,16H,3-4,11-12,15H2,1-2H3,(H2,23,26,27). The lowest BCUT2D eigenvalue weighted by atomic mass is 10.0. The summed E-state index contributed by atoms with van der Waals surface area (Å²) in [7, 11) is -3.69. The molecule has 7 heteroatoms. The summed E-state index contributed by atoms with van der Waals surface area (Å²) in [5.74, 6) is 1.13. The average Bonchev–Trinajstić information content (AvgIpc) is 3.08. The van der Waals surface area contributed by atoms with Gasteiger partial charge in [-0.3, -0.25) is 0 Å². The molecule has 0 aliphatic carbocycles. The van der Waals surface area contributed by atoms with E-state index in [2.05, 4.69) is 35.9 Å². The van der Waals surface area contributed by atoms with E-state index in [9.17, 15) is 8.42 Å². The molecule has 0 spiro atoms. The van der Waals surface area contributed by atoms with E-state index in [0.29, 0.717) is 6.42 Å². The highest BCUT2D eigenvalue weighted by molar-refractivity contribution is 7.98. The second kappa shape index (κ2) is 9.61. The van der Waals surface area contributed by atoms with Gasteiger partial charge >= 0.3 is 0 Å². The minimum atomic E-state index is -3.69. The van der Waals surface area contributed by atoms with E-state index >= 15 is 0 Å². The molecule has 29 heavy (non-hydrogen) atoms. The number of aromatic nitrogens is 2. The Morgan fingerprint density at radius 3 is 2.45 bits per heavy atom. The lowest BCUT2D eigenvalue weighted by Crippen LogP contribution is -2.12. The molecule has 2 N–H and O–H groups in total. The molecule has 0 saturated carbocycles. The third-order valence-corrected chi connectivity index (χ3v) is 6.31. The number of hydrogen-bond acceptors (Lipinski definition) is 4. The van der Waals surface area contributed by atoms with Crippen molar-refractivity contribution in [3.05, 3.63) is 77.2 Å². The number of imidazole rings is 1. The largest absolute Gasteiger partial charge is 0.329 e. The normalized spacial score (nSPS) is 11.7. The fourth-order valence-electron chi connectivity index (χ4n) is 3.30. The van der Waals surface area contributed by atoms with E-state index in [1.54, 1.807) is 23.9 Å². The van der Waals surface area contributed by atoms with Gasteiger partial charge in [0.2, 0.25) is 10.0 Å². The van der Waals surface area contributed by atoms with Crippen LogP contribution in [0.4, 0.5) is 0 Å². The van der Waals surface area contributed by atoms with Gasteiger partial charge in [-0.2, -0.15) is 0 Å². The first kappa shape index (κ1) is 21.6. The Kier molecular flexibility index (Phi) is 7.16. The van der Waals surface area contributed by atoms with Gasteiger partial charge in [-0.05, 0) is 47.9 Å². The van der Waals surface area contributed by atoms with Gasteiger partial charge in [0.25, 0.3) is 0 Å². The number of nitrogens with zero attached hydrogens (tertiary/aromatic N) is 2. The monoisotopic (exact) mass is 429 g/mol. The number of rotatable bonds is 9. The molecule has 1 aromatic heterocycles. The molecule has 0 aliphatic rings. The lowest BCUT2D eigenvalue weighted by Gasteiger charge is -2.10. The Morgan fingerprint density at radius 2 is 1.76 bits per heavy atom. The predicted molar refractivity (Wildman–Crippen MR) is 119 cm³/mol. The van der Waals surface area contributed by atoms with E-state index in [0.717, 1.165) is 47.8 Å². The number of thioether (sulfide) groups is 1. The summed E-state index contributed by atoms with van der Waals surface area (Å²) in [6.45, 7) is 2.97. The smallest absolute Gasteiger partial charge is 0.238 e. The third-order valence-electron chi connectivity index (χ3n) is 4.78. The molecule has 0 unspecified atom stereocenters. The second-order valence-electron chi connectivity index (χ2n) is 7.12. The lowest BCUT2D eigenvalue weighted by molar-refractivity contribution is 0.597. The Labute approximate surface area is 177 Å². The molecule has 2 aromatic carbocycles. The van der Waals surface area contributed by atoms with Crippen LogP contribution in [0.1, 0.15) is 42.3 Å². The van der Waals surface area contributed by atoms with E-state index in [1.807, 2.05) is 18.4 Å². The van der Waals surface area contributed by atoms with Gasteiger partial charge in [0, 0.05) is 19.2 Å². The van der Waals surface area contributed by atoms with Crippen LogP contribution in [0.25, 0.3) is 0 Å². The van der Waals surface area contributed by atoms with Crippen molar-refractivity contribution in [2.45, 2.75) is 49.1 Å². The first-order chi connectivity index (χ1) is 13.9. The van der Waals surface area contributed by atoms with E-state index in [1.165, 1.54) is 11.6 Å². The maximum absolute atomic E-state index is 11.6. The van der Waals surface area contributed by atoms with Gasteiger partial charge in [0.05, 0.1) is 4.90 Å². The number of nitrogens with two attached hydrogens (primary N) is 1. The SMILES string of the molecule is CCCCc1nc(SC)cn1Cc1cccc(Cc2cccc(S(N)(=O)=O)c2)c1. The van der Waals surface area contributed by atoms with E-state index in [-0.39, 0.29) is 4.90 Å². The van der Waals surface area contributed by atoms with Crippen LogP contribution < -0.4 is 5.14 Å². The van der Waals surface area contributed by atoms with E-state index < -0.39 is 10.0 Å². The zero-order valence-corrected chi connectivity index (χ0v) is 18.5. The quantitative estimate of drug-likeness (QED) is 0.516. The van der Waals surface area contributed by atoms with Gasteiger partial charge < -0.3 is 4.57 Å². The molecule has 154 valence electrons. The molecule has 0 saturated heterocycles. The third kappa shape index (κ3) is 5.95. The summed E-state index contributed by atoms with van der Waals surface area (Å²) < 4.78 is 25.4. The minimum Gasteiger partial charge on any atom is -0.329 e. The van der Waals surface area contributed by atoms with Crippen LogP contribution in [0.5, 0.6) is 0 Å². The van der Waals surface area contributed by atoms with Crippen LogP contribution in [0.2, 0.25) is 0 Å². The number of sulfonamides is 1. The van der Waals surface area contributed by atoms with Crippen LogP contribution in [-0.4, -0.2) is 24.2 Å². The number of unbranched alkanes of at least 4 members (excludes halogenated alkanes) is 1. The molecular weight excluding hydrogens is 402 g/mol. The van der Waals surface area contributed by atoms with Crippen molar-refractivity contribution in [2.75, 3.05) is 6.26 Å². The first-order valence-corrected chi connectivity index (χ1v) is 12.5. The Hall–Kier alpha value is -2.09. The van der Waals surface area contributed by atoms with Crippen molar-refractivity contribution in [1.29, 1.82) is 0 Å². The average molecular weight is 430 g/mol. The van der Waals surface area contributed by atoms with Gasteiger partial charge in [-0.15, -0.1) is 11.8 Å². The van der Waals surface area contributed by atoms with Gasteiger partial charge in [-0.1, -0.05) is 49.7 Å². The summed E-state index contributed by atoms with van der Waals surface area (Å²) in [6, 6.07) is 15.2. The summed E-state index contributed by atoms with van der Waals surface area (Å²) in [5.41, 5.74) is 3.26. The van der Waals surface area contributed by atoms with Crippen LogP contribution >= 0.6 is 11.8 Å². The zero-order valence-electron chi connectivity index (χ0n) is 16.8. The number of primary sulfonamides is 1. The summed E-state index contributed by atoms with van der Waals surface area (Å²) in [6.07, 6.45) is 8.08. The highest BCUT2D eigenvalue weighted by Crippen LogP contribution is 2.19. The maximum Gasteiger partial charge on any atom is 0.238 e. The highest BCUT2D eigenvalue weighted by atomic mass is 32.2. The molecule has 0 fully saturated rings. The van der Waals surface area contributed by atoms with Crippen molar-refractivity contribution in [2.24, 2.45) is 5.14 Å². The number of hydrogen-bond donors (Lipinski definition) is 1. The van der Waals surface area contributed by atoms with E-state index in [4.69, 9.17) is 10.1 Å². The summed E-state index contributed by atoms with van der Waals surface area (Å²) in [5, 5.41) is 6.30. The van der Waals surface area contributed by atoms with Gasteiger partial charge in [-0.25, -0.2) is 18.5 Å². The molecule has 3 aromatic rings. The van der Waals surface area contributed by atoms with Crippen LogP contribution in [0.3, 0.4) is 0 Å². The molecule has 0 aliphatic heterocycles. The molecule has 1 heterocycles. The van der Waals surface area contributed by atoms with Crippen molar-refractivity contribution >= 4 is 21.8 Å². The number of benzene rings is 2. The van der Waals surface area contributed by atoms with Crippen LogP contribution in [0.15, 0.2) is 64.6 Å². The van der Waals surface area contributed by atoms with Crippen molar-refractivity contribution < 1.29 is 8.42 Å². The molecule has 5 nitrogen and oxygen atoms in total. The van der Waals surface area contributed by atoms with Gasteiger partial charge in [0.1, 0.15) is 10.9 Å². The molecule has 0 amide bonds. The Bertz CT molecular complexity index is 1080. The minimum absolute atomic E-state index is 0.148. The molecule has 3 rings (SSSR count). The Balaban J connectivity index is 1.79. The highest BCUT2D eigenvalue weighted by Gasteiger charge is 2.10. The fraction of sp³-hybridized carbons (Fsp3) is 0.318. The zero-order chi connectivity index (χ0) is 20.9. The molecule has 0 bridgehead atoms. The van der Waals surface area contributed by atoms with Crippen LogP contribution in [0, 0.1) is 0 Å². The van der Waals surface area contributed by atoms with Crippen molar-refractivity contribution in [1.82, 2.24) is 9.55 Å². The van der Waals surface area contributed by atoms with Crippen molar-refractivity contribution in [3.63, 3.8) is 0 Å². The molecule has 0 atom stereocenters. The number of aryl methyl sites for hydroxylation is 1.